The maximum atomic E-state index is 4.47. The molecule has 2 heterocycles. The number of aryl methyl sites for hydroxylation is 1. The fraction of sp³-hybridized carbons (Fsp3) is 0.667. The highest BCUT2D eigenvalue weighted by Gasteiger charge is 2.14. The van der Waals surface area contributed by atoms with Crippen LogP contribution >= 0.6 is 0 Å². The first-order chi connectivity index (χ1) is 5.83. The van der Waals surface area contributed by atoms with Crippen molar-refractivity contribution >= 4 is 5.95 Å². The van der Waals surface area contributed by atoms with E-state index in [0.29, 0.717) is 0 Å². The van der Waals surface area contributed by atoms with E-state index in [4.69, 9.17) is 0 Å². The standard InChI is InChI=1S/C9H15N3/c1-3-8-7(2)11-9-10-5-4-6-12(8)9/h3-6H2,1-2H3,(H,10,11). The molecule has 0 aromatic carbocycles. The second-order valence-electron chi connectivity index (χ2n) is 3.25. The fourth-order valence-corrected chi connectivity index (χ4v) is 1.87. The molecule has 3 heteroatoms. The number of nitrogens with one attached hydrogen (secondary N) is 1. The molecule has 3 nitrogen and oxygen atoms in total. The van der Waals surface area contributed by atoms with Gasteiger partial charge in [0.15, 0.2) is 0 Å². The van der Waals surface area contributed by atoms with Crippen LogP contribution in [0.25, 0.3) is 0 Å². The molecule has 0 atom stereocenters. The summed E-state index contributed by atoms with van der Waals surface area (Å²) in [5.74, 6) is 1.07. The minimum absolute atomic E-state index is 1.07. The van der Waals surface area contributed by atoms with Gasteiger partial charge in [-0.25, -0.2) is 4.98 Å². The molecule has 0 amide bonds. The minimum Gasteiger partial charge on any atom is -0.356 e. The Morgan fingerprint density at radius 1 is 1.58 bits per heavy atom. The summed E-state index contributed by atoms with van der Waals surface area (Å²) in [5, 5.41) is 3.31. The summed E-state index contributed by atoms with van der Waals surface area (Å²) in [6.45, 7) is 6.48. The third kappa shape index (κ3) is 1.00. The van der Waals surface area contributed by atoms with Gasteiger partial charge in [-0.05, 0) is 19.8 Å². The highest BCUT2D eigenvalue weighted by Crippen LogP contribution is 2.19. The first-order valence-electron chi connectivity index (χ1n) is 4.62. The zero-order valence-corrected chi connectivity index (χ0v) is 7.72. The molecule has 1 aromatic heterocycles. The molecule has 1 aliphatic rings. The predicted octanol–water partition coefficient (Wildman–Crippen LogP) is 1.57. The first-order valence-corrected chi connectivity index (χ1v) is 4.62. The van der Waals surface area contributed by atoms with Gasteiger partial charge in [-0.15, -0.1) is 0 Å². The average Bonchev–Trinajstić information content (AvgIpc) is 2.40. The van der Waals surface area contributed by atoms with Gasteiger partial charge < -0.3 is 9.88 Å². The van der Waals surface area contributed by atoms with Gasteiger partial charge in [0.1, 0.15) is 0 Å². The Kier molecular flexibility index (Phi) is 1.79. The van der Waals surface area contributed by atoms with Crippen LogP contribution in [0.1, 0.15) is 24.7 Å². The Balaban J connectivity index is 2.46. The van der Waals surface area contributed by atoms with Crippen molar-refractivity contribution in [1.29, 1.82) is 0 Å². The molecule has 0 spiro atoms. The van der Waals surface area contributed by atoms with Gasteiger partial charge in [0, 0.05) is 18.8 Å². The van der Waals surface area contributed by atoms with Gasteiger partial charge in [-0.2, -0.15) is 0 Å². The van der Waals surface area contributed by atoms with E-state index in [1.54, 1.807) is 0 Å². The lowest BCUT2D eigenvalue weighted by Crippen LogP contribution is -2.18. The molecule has 0 saturated heterocycles. The zero-order valence-electron chi connectivity index (χ0n) is 7.72. The lowest BCUT2D eigenvalue weighted by molar-refractivity contribution is 0.605. The zero-order chi connectivity index (χ0) is 8.55. The number of hydrogen-bond acceptors (Lipinski definition) is 2. The number of rotatable bonds is 1. The SMILES string of the molecule is CCc1c(C)nc2n1CCCN2. The fourth-order valence-electron chi connectivity index (χ4n) is 1.87. The molecule has 0 fully saturated rings. The quantitative estimate of drug-likeness (QED) is 0.684. The van der Waals surface area contributed by atoms with Crippen molar-refractivity contribution in [2.75, 3.05) is 11.9 Å². The molecule has 12 heavy (non-hydrogen) atoms. The largest absolute Gasteiger partial charge is 0.356 e. The van der Waals surface area contributed by atoms with Crippen LogP contribution in [0.2, 0.25) is 0 Å². The summed E-state index contributed by atoms with van der Waals surface area (Å²) >= 11 is 0. The molecular weight excluding hydrogens is 150 g/mol. The molecule has 0 aliphatic carbocycles. The normalized spacial score (nSPS) is 15.5. The van der Waals surface area contributed by atoms with Crippen molar-refractivity contribution in [3.63, 3.8) is 0 Å². The van der Waals surface area contributed by atoms with Gasteiger partial charge in [-0.3, -0.25) is 0 Å². The number of imidazole rings is 1. The van der Waals surface area contributed by atoms with E-state index in [9.17, 15) is 0 Å². The lowest BCUT2D eigenvalue weighted by atomic mass is 10.2. The predicted molar refractivity (Wildman–Crippen MR) is 49.4 cm³/mol. The maximum absolute atomic E-state index is 4.47. The second-order valence-corrected chi connectivity index (χ2v) is 3.25. The van der Waals surface area contributed by atoms with Crippen LogP contribution in [0.15, 0.2) is 0 Å². The summed E-state index contributed by atoms with van der Waals surface area (Å²) in [6, 6.07) is 0. The molecule has 66 valence electrons. The lowest BCUT2D eigenvalue weighted by Gasteiger charge is -2.17. The third-order valence-electron chi connectivity index (χ3n) is 2.45. The molecule has 0 bridgehead atoms. The second kappa shape index (κ2) is 2.81. The first kappa shape index (κ1) is 7.65. The number of hydrogen-bond donors (Lipinski definition) is 1. The Hall–Kier alpha value is -0.990. The van der Waals surface area contributed by atoms with Gasteiger partial charge in [-0.1, -0.05) is 6.92 Å². The average molecular weight is 165 g/mol. The van der Waals surface area contributed by atoms with E-state index in [0.717, 1.165) is 25.5 Å². The summed E-state index contributed by atoms with van der Waals surface area (Å²) in [4.78, 5) is 4.47. The highest BCUT2D eigenvalue weighted by molar-refractivity contribution is 5.35. The molecule has 0 saturated carbocycles. The number of fused-ring (bicyclic) bond motifs is 1. The maximum Gasteiger partial charge on any atom is 0.203 e. The molecule has 0 radical (unpaired) electrons. The molecule has 1 aromatic rings. The van der Waals surface area contributed by atoms with E-state index in [-0.39, 0.29) is 0 Å². The van der Waals surface area contributed by atoms with Crippen molar-refractivity contribution in [2.45, 2.75) is 33.2 Å². The number of nitrogens with zero attached hydrogens (tertiary/aromatic N) is 2. The molecule has 1 aliphatic heterocycles. The van der Waals surface area contributed by atoms with Crippen LogP contribution < -0.4 is 5.32 Å². The topological polar surface area (TPSA) is 29.9 Å². The van der Waals surface area contributed by atoms with E-state index >= 15 is 0 Å². The highest BCUT2D eigenvalue weighted by atomic mass is 15.2. The van der Waals surface area contributed by atoms with Crippen LogP contribution in [-0.4, -0.2) is 16.1 Å². The molecule has 1 N–H and O–H groups in total. The van der Waals surface area contributed by atoms with Gasteiger partial charge in [0.25, 0.3) is 0 Å². The Labute approximate surface area is 72.8 Å². The van der Waals surface area contributed by atoms with Crippen LogP contribution in [0.3, 0.4) is 0 Å². The van der Waals surface area contributed by atoms with E-state index < -0.39 is 0 Å². The monoisotopic (exact) mass is 165 g/mol. The molecular formula is C9H15N3. The summed E-state index contributed by atoms with van der Waals surface area (Å²) in [5.41, 5.74) is 2.57. The smallest absolute Gasteiger partial charge is 0.203 e. The van der Waals surface area contributed by atoms with Crippen LogP contribution in [0, 0.1) is 6.92 Å². The Morgan fingerprint density at radius 2 is 2.42 bits per heavy atom. The molecule has 2 rings (SSSR count). The van der Waals surface area contributed by atoms with Gasteiger partial charge in [0.05, 0.1) is 5.69 Å². The van der Waals surface area contributed by atoms with Crippen molar-refractivity contribution in [2.24, 2.45) is 0 Å². The Bertz CT molecular complexity index is 288. The Morgan fingerprint density at radius 3 is 3.17 bits per heavy atom. The minimum atomic E-state index is 1.07. The molecule has 0 unspecified atom stereocenters. The van der Waals surface area contributed by atoms with Gasteiger partial charge >= 0.3 is 0 Å². The summed E-state index contributed by atoms with van der Waals surface area (Å²) in [6.07, 6.45) is 2.30. The van der Waals surface area contributed by atoms with Crippen molar-refractivity contribution in [3.05, 3.63) is 11.4 Å². The number of aromatic nitrogens is 2. The van der Waals surface area contributed by atoms with Crippen LogP contribution in [0.5, 0.6) is 0 Å². The van der Waals surface area contributed by atoms with Gasteiger partial charge in [0.2, 0.25) is 5.95 Å². The van der Waals surface area contributed by atoms with E-state index in [1.807, 2.05) is 0 Å². The number of anilines is 1. The summed E-state index contributed by atoms with van der Waals surface area (Å²) < 4.78 is 2.30. The van der Waals surface area contributed by atoms with E-state index in [1.165, 1.54) is 17.8 Å². The van der Waals surface area contributed by atoms with E-state index in [2.05, 4.69) is 28.7 Å². The van der Waals surface area contributed by atoms with Crippen molar-refractivity contribution < 1.29 is 0 Å². The van der Waals surface area contributed by atoms with Crippen molar-refractivity contribution in [3.8, 4) is 0 Å². The van der Waals surface area contributed by atoms with Crippen LogP contribution in [-0.2, 0) is 13.0 Å². The van der Waals surface area contributed by atoms with Crippen molar-refractivity contribution in [1.82, 2.24) is 9.55 Å². The summed E-state index contributed by atoms with van der Waals surface area (Å²) in [7, 11) is 0. The van der Waals surface area contributed by atoms with Crippen LogP contribution in [0.4, 0.5) is 5.95 Å². The third-order valence-corrected chi connectivity index (χ3v) is 2.45.